The summed E-state index contributed by atoms with van der Waals surface area (Å²) in [6.07, 6.45) is 4.83. The number of likely N-dealkylation sites (tertiary alicyclic amines) is 1. The Labute approximate surface area is 116 Å². The van der Waals surface area contributed by atoms with Gasteiger partial charge >= 0.3 is 0 Å². The van der Waals surface area contributed by atoms with E-state index in [0.717, 1.165) is 25.1 Å². The van der Waals surface area contributed by atoms with Crippen LogP contribution >= 0.6 is 0 Å². The zero-order valence-corrected chi connectivity index (χ0v) is 12.1. The molecule has 0 amide bonds. The van der Waals surface area contributed by atoms with Crippen LogP contribution in [0.5, 0.6) is 5.75 Å². The molecule has 106 valence electrons. The predicted octanol–water partition coefficient (Wildman–Crippen LogP) is 2.96. The van der Waals surface area contributed by atoms with Gasteiger partial charge in [0.2, 0.25) is 0 Å². The Bertz CT molecular complexity index is 417. The lowest BCUT2D eigenvalue weighted by atomic mass is 9.94. The third kappa shape index (κ3) is 3.28. The van der Waals surface area contributed by atoms with Crippen LogP contribution in [0.4, 0.5) is 0 Å². The van der Waals surface area contributed by atoms with Crippen molar-refractivity contribution in [3.8, 4) is 5.75 Å². The molecular weight excluding hydrogens is 236 g/mol. The number of phenolic OH excluding ortho intramolecular Hbond substituents is 1. The fraction of sp³-hybridized carbons (Fsp3) is 0.625. The molecule has 0 bridgehead atoms. The van der Waals surface area contributed by atoms with Crippen molar-refractivity contribution >= 4 is 0 Å². The van der Waals surface area contributed by atoms with Crippen LogP contribution < -0.4 is 5.73 Å². The van der Waals surface area contributed by atoms with Crippen LogP contribution in [0.1, 0.15) is 49.8 Å². The Morgan fingerprint density at radius 3 is 2.95 bits per heavy atom. The summed E-state index contributed by atoms with van der Waals surface area (Å²) < 4.78 is 0. The lowest BCUT2D eigenvalue weighted by Gasteiger charge is -2.40. The number of aryl methyl sites for hydroxylation is 1. The summed E-state index contributed by atoms with van der Waals surface area (Å²) in [5.74, 6) is 0.412. The van der Waals surface area contributed by atoms with Gasteiger partial charge in [0.25, 0.3) is 0 Å². The maximum absolute atomic E-state index is 10.1. The van der Waals surface area contributed by atoms with E-state index < -0.39 is 0 Å². The van der Waals surface area contributed by atoms with Gasteiger partial charge in [-0.1, -0.05) is 24.1 Å². The molecule has 2 unspecified atom stereocenters. The smallest absolute Gasteiger partial charge is 0.120 e. The van der Waals surface area contributed by atoms with Crippen molar-refractivity contribution in [1.82, 2.24) is 4.90 Å². The van der Waals surface area contributed by atoms with Gasteiger partial charge in [0.15, 0.2) is 0 Å². The second-order valence-electron chi connectivity index (χ2n) is 5.70. The van der Waals surface area contributed by atoms with Crippen LogP contribution in [0.2, 0.25) is 0 Å². The van der Waals surface area contributed by atoms with E-state index in [1.165, 1.54) is 24.8 Å². The van der Waals surface area contributed by atoms with Crippen LogP contribution in [0.3, 0.4) is 0 Å². The minimum atomic E-state index is 0.261. The number of benzene rings is 1. The normalized spacial score (nSPS) is 22.4. The Morgan fingerprint density at radius 2 is 2.21 bits per heavy atom. The first-order chi connectivity index (χ1) is 9.13. The van der Waals surface area contributed by atoms with E-state index in [-0.39, 0.29) is 6.04 Å². The van der Waals surface area contributed by atoms with E-state index in [1.54, 1.807) is 0 Å². The molecular formula is C16H26N2O. The molecule has 3 heteroatoms. The molecule has 0 radical (unpaired) electrons. The zero-order chi connectivity index (χ0) is 13.8. The van der Waals surface area contributed by atoms with Crippen LogP contribution in [0.25, 0.3) is 0 Å². The fourth-order valence-corrected chi connectivity index (χ4v) is 3.22. The van der Waals surface area contributed by atoms with Gasteiger partial charge in [0, 0.05) is 17.6 Å². The summed E-state index contributed by atoms with van der Waals surface area (Å²) in [6, 6.07) is 6.70. The molecule has 19 heavy (non-hydrogen) atoms. The van der Waals surface area contributed by atoms with Gasteiger partial charge in [-0.2, -0.15) is 0 Å². The number of nitrogens with two attached hydrogens (primary N) is 1. The monoisotopic (exact) mass is 262 g/mol. The van der Waals surface area contributed by atoms with Crippen LogP contribution in [0, 0.1) is 6.92 Å². The van der Waals surface area contributed by atoms with E-state index in [2.05, 4.69) is 24.8 Å². The van der Waals surface area contributed by atoms with Crippen LogP contribution in [0.15, 0.2) is 18.2 Å². The van der Waals surface area contributed by atoms with E-state index >= 15 is 0 Å². The lowest BCUT2D eigenvalue weighted by Crippen LogP contribution is -2.42. The van der Waals surface area contributed by atoms with Crippen molar-refractivity contribution < 1.29 is 5.11 Å². The van der Waals surface area contributed by atoms with Crippen molar-refractivity contribution in [2.45, 2.75) is 51.6 Å². The Balaban J connectivity index is 2.20. The van der Waals surface area contributed by atoms with E-state index in [4.69, 9.17) is 5.73 Å². The van der Waals surface area contributed by atoms with Gasteiger partial charge in [-0.3, -0.25) is 4.90 Å². The van der Waals surface area contributed by atoms with E-state index in [9.17, 15) is 5.11 Å². The molecule has 0 aromatic heterocycles. The molecule has 2 rings (SSSR count). The van der Waals surface area contributed by atoms with Gasteiger partial charge in [-0.25, -0.2) is 0 Å². The maximum Gasteiger partial charge on any atom is 0.120 e. The Morgan fingerprint density at radius 1 is 1.42 bits per heavy atom. The molecule has 1 fully saturated rings. The fourth-order valence-electron chi connectivity index (χ4n) is 3.22. The highest BCUT2D eigenvalue weighted by molar-refractivity contribution is 5.37. The van der Waals surface area contributed by atoms with Crippen LogP contribution in [-0.4, -0.2) is 29.1 Å². The Hall–Kier alpha value is -1.06. The van der Waals surface area contributed by atoms with Gasteiger partial charge in [0.1, 0.15) is 5.75 Å². The summed E-state index contributed by atoms with van der Waals surface area (Å²) in [6.45, 7) is 6.12. The third-order valence-corrected chi connectivity index (χ3v) is 4.30. The van der Waals surface area contributed by atoms with Crippen molar-refractivity contribution in [2.24, 2.45) is 5.73 Å². The summed E-state index contributed by atoms with van der Waals surface area (Å²) in [7, 11) is 0. The molecule has 0 aliphatic carbocycles. The number of hydrogen-bond donors (Lipinski definition) is 2. The van der Waals surface area contributed by atoms with Crippen molar-refractivity contribution in [1.29, 1.82) is 0 Å². The largest absolute Gasteiger partial charge is 0.508 e. The summed E-state index contributed by atoms with van der Waals surface area (Å²) in [4.78, 5) is 2.52. The number of nitrogens with zero attached hydrogens (tertiary/aromatic N) is 1. The number of aromatic hydroxyl groups is 1. The first-order valence-electron chi connectivity index (χ1n) is 7.39. The SMILES string of the molecule is Cc1ccc(O)c(C(C)N2CCCCC2CCN)c1. The molecule has 2 atom stereocenters. The number of hydrogen-bond acceptors (Lipinski definition) is 3. The molecule has 3 nitrogen and oxygen atoms in total. The average Bonchev–Trinajstić information content (AvgIpc) is 2.42. The number of phenols is 1. The third-order valence-electron chi connectivity index (χ3n) is 4.30. The van der Waals surface area contributed by atoms with Gasteiger partial charge < -0.3 is 10.8 Å². The minimum Gasteiger partial charge on any atom is -0.508 e. The van der Waals surface area contributed by atoms with Gasteiger partial charge in [0.05, 0.1) is 0 Å². The second kappa shape index (κ2) is 6.40. The zero-order valence-electron chi connectivity index (χ0n) is 12.1. The van der Waals surface area contributed by atoms with Gasteiger partial charge in [-0.15, -0.1) is 0 Å². The highest BCUT2D eigenvalue weighted by Gasteiger charge is 2.27. The highest BCUT2D eigenvalue weighted by atomic mass is 16.3. The number of rotatable bonds is 4. The first kappa shape index (κ1) is 14.4. The molecule has 1 aliphatic rings. The molecule has 1 aromatic carbocycles. The van der Waals surface area contributed by atoms with Crippen molar-refractivity contribution in [3.05, 3.63) is 29.3 Å². The Kier molecular flexibility index (Phi) is 4.83. The van der Waals surface area contributed by atoms with E-state index in [0.29, 0.717) is 11.8 Å². The topological polar surface area (TPSA) is 49.5 Å². The quantitative estimate of drug-likeness (QED) is 0.877. The minimum absolute atomic E-state index is 0.261. The lowest BCUT2D eigenvalue weighted by molar-refractivity contribution is 0.0971. The highest BCUT2D eigenvalue weighted by Crippen LogP contribution is 2.34. The number of piperidine rings is 1. The van der Waals surface area contributed by atoms with Crippen molar-refractivity contribution in [3.63, 3.8) is 0 Å². The molecule has 1 aliphatic heterocycles. The second-order valence-corrected chi connectivity index (χ2v) is 5.70. The molecule has 1 heterocycles. The summed E-state index contributed by atoms with van der Waals surface area (Å²) in [5, 5.41) is 10.1. The molecule has 1 saturated heterocycles. The predicted molar refractivity (Wildman–Crippen MR) is 79.3 cm³/mol. The van der Waals surface area contributed by atoms with Crippen molar-refractivity contribution in [2.75, 3.05) is 13.1 Å². The van der Waals surface area contributed by atoms with Crippen LogP contribution in [-0.2, 0) is 0 Å². The molecule has 0 saturated carbocycles. The average molecular weight is 262 g/mol. The summed E-state index contributed by atoms with van der Waals surface area (Å²) in [5.41, 5.74) is 7.98. The molecule has 1 aromatic rings. The summed E-state index contributed by atoms with van der Waals surface area (Å²) >= 11 is 0. The molecule has 3 N–H and O–H groups in total. The maximum atomic E-state index is 10.1. The van der Waals surface area contributed by atoms with Gasteiger partial charge in [-0.05, 0) is 52.3 Å². The molecule has 0 spiro atoms. The van der Waals surface area contributed by atoms with E-state index in [1.807, 2.05) is 12.1 Å². The first-order valence-corrected chi connectivity index (χ1v) is 7.39. The standard InChI is InChI=1S/C16H26N2O/c1-12-6-7-16(19)15(11-12)13(2)18-10-4-3-5-14(18)8-9-17/h6-7,11,13-14,19H,3-5,8-10,17H2,1-2H3.